The summed E-state index contributed by atoms with van der Waals surface area (Å²) in [6.07, 6.45) is 0.169. The van der Waals surface area contributed by atoms with E-state index in [9.17, 15) is 18.0 Å². The van der Waals surface area contributed by atoms with Crippen molar-refractivity contribution < 1.29 is 22.7 Å². The third-order valence-corrected chi connectivity index (χ3v) is 6.07. The molecule has 34 heavy (non-hydrogen) atoms. The van der Waals surface area contributed by atoms with Gasteiger partial charge in [0.15, 0.2) is 12.4 Å². The number of rotatable bonds is 6. The minimum Gasteiger partial charge on any atom is -0.467 e. The molecule has 0 saturated carbocycles. The van der Waals surface area contributed by atoms with Crippen LogP contribution in [0.3, 0.4) is 0 Å². The molecule has 0 saturated heterocycles. The molecule has 1 N–H and O–H groups in total. The van der Waals surface area contributed by atoms with Crippen LogP contribution in [0.15, 0.2) is 45.8 Å². The predicted octanol–water partition coefficient (Wildman–Crippen LogP) is 5.35. The van der Waals surface area contributed by atoms with Gasteiger partial charge < -0.3 is 10.1 Å². The number of benzene rings is 1. The maximum atomic E-state index is 13.3. The second kappa shape index (κ2) is 10.4. The molecule has 1 unspecified atom stereocenters. The third-order valence-electron chi connectivity index (χ3n) is 4.24. The topological polar surface area (TPSA) is 105 Å². The molecule has 8 nitrogen and oxygen atoms in total. The highest BCUT2D eigenvalue weighted by Crippen LogP contribution is 2.30. The average molecular weight is 531 g/mol. The van der Waals surface area contributed by atoms with E-state index >= 15 is 0 Å². The molecule has 1 amide bonds. The van der Waals surface area contributed by atoms with Gasteiger partial charge in [-0.05, 0) is 43.0 Å². The molecule has 0 aliphatic rings. The molecular weight excluding hydrogens is 516 g/mol. The van der Waals surface area contributed by atoms with Gasteiger partial charge in [-0.25, -0.2) is 9.67 Å². The number of amides is 1. The number of aromatic nitrogens is 3. The van der Waals surface area contributed by atoms with Crippen LogP contribution in [0.1, 0.15) is 16.1 Å². The van der Waals surface area contributed by atoms with Crippen molar-refractivity contribution >= 4 is 45.5 Å². The fraction of sp³-hybridized carbons (Fsp3) is 0.200. The molecule has 0 bridgehead atoms. The quantitative estimate of drug-likeness (QED) is 0.432. The third kappa shape index (κ3) is 6.05. The highest BCUT2D eigenvalue weighted by Gasteiger charge is 2.30. The lowest BCUT2D eigenvalue weighted by molar-refractivity contribution is -0.154. The number of hydrogen-bond acceptors (Lipinski definition) is 6. The van der Waals surface area contributed by atoms with Crippen molar-refractivity contribution in [3.63, 3.8) is 0 Å². The van der Waals surface area contributed by atoms with Crippen molar-refractivity contribution in [1.82, 2.24) is 14.8 Å². The number of hydrogen-bond donors (Lipinski definition) is 1. The zero-order valence-corrected chi connectivity index (χ0v) is 19.9. The first-order chi connectivity index (χ1) is 16.0. The van der Waals surface area contributed by atoms with Crippen LogP contribution in [-0.2, 0) is 10.7 Å². The number of carbonyl (C=O) groups excluding carboxylic acids is 1. The molecule has 0 fully saturated rings. The second-order valence-electron chi connectivity index (χ2n) is 6.71. The van der Waals surface area contributed by atoms with E-state index in [4.69, 9.17) is 33.2 Å². The Morgan fingerprint density at radius 2 is 2.09 bits per heavy atom. The van der Waals surface area contributed by atoms with Crippen molar-refractivity contribution in [2.24, 2.45) is 4.36 Å². The Morgan fingerprint density at radius 3 is 2.74 bits per heavy atom. The molecule has 1 atom stereocenters. The molecule has 0 radical (unpaired) electrons. The molecule has 14 heteroatoms. The van der Waals surface area contributed by atoms with Gasteiger partial charge in [-0.3, -0.25) is 4.79 Å². The summed E-state index contributed by atoms with van der Waals surface area (Å²) in [5.74, 6) is -1.18. The van der Waals surface area contributed by atoms with Gasteiger partial charge in [-0.15, -0.1) is 9.46 Å². The molecule has 3 rings (SSSR count). The van der Waals surface area contributed by atoms with Gasteiger partial charge in [-0.2, -0.15) is 18.4 Å². The zero-order valence-electron chi connectivity index (χ0n) is 17.5. The number of pyridine rings is 1. The summed E-state index contributed by atoms with van der Waals surface area (Å²) in [6, 6.07) is 7.24. The van der Waals surface area contributed by atoms with Gasteiger partial charge in [0.2, 0.25) is 12.1 Å². The highest BCUT2D eigenvalue weighted by atomic mass is 35.5. The second-order valence-corrected chi connectivity index (χ2v) is 9.13. The molecule has 0 aliphatic carbocycles. The number of nitrogens with one attached hydrogen (secondary N) is 1. The maximum absolute atomic E-state index is 13.3. The van der Waals surface area contributed by atoms with Crippen LogP contribution < -0.4 is 10.1 Å². The van der Waals surface area contributed by atoms with Crippen LogP contribution in [0.2, 0.25) is 10.0 Å². The van der Waals surface area contributed by atoms with E-state index in [-0.39, 0.29) is 16.5 Å². The van der Waals surface area contributed by atoms with Gasteiger partial charge in [0.25, 0.3) is 5.91 Å². The van der Waals surface area contributed by atoms with Crippen molar-refractivity contribution in [3.05, 3.63) is 57.8 Å². The van der Waals surface area contributed by atoms with E-state index in [1.54, 1.807) is 37.6 Å². The molecule has 1 aromatic carbocycles. The minimum atomic E-state index is -4.61. The first-order valence-electron chi connectivity index (χ1n) is 9.28. The van der Waals surface area contributed by atoms with Gasteiger partial charge >= 0.3 is 6.18 Å². The van der Waals surface area contributed by atoms with Gasteiger partial charge in [0.05, 0.1) is 10.7 Å². The summed E-state index contributed by atoms with van der Waals surface area (Å²) in [7, 11) is -0.932. The number of carbonyl (C=O) groups is 1. The Bertz CT molecular complexity index is 1320. The van der Waals surface area contributed by atoms with Crippen molar-refractivity contribution in [2.45, 2.75) is 18.0 Å². The number of nitriles is 1. The Kier molecular flexibility index (Phi) is 7.81. The maximum Gasteiger partial charge on any atom is 0.422 e. The van der Waals surface area contributed by atoms with Crippen LogP contribution in [0.4, 0.5) is 18.9 Å². The molecule has 2 aromatic heterocycles. The molecule has 3 aromatic rings. The lowest BCUT2D eigenvalue weighted by atomic mass is 10.2. The van der Waals surface area contributed by atoms with E-state index in [0.717, 1.165) is 10.7 Å². The summed E-state index contributed by atoms with van der Waals surface area (Å²) in [5, 5.41) is 16.1. The lowest BCUT2D eigenvalue weighted by Crippen LogP contribution is -2.19. The number of halogens is 5. The number of nitrogens with zero attached hydrogens (tertiary/aromatic N) is 5. The van der Waals surface area contributed by atoms with E-state index < -0.39 is 35.3 Å². The van der Waals surface area contributed by atoms with Crippen molar-refractivity contribution in [1.29, 1.82) is 5.26 Å². The molecule has 178 valence electrons. The van der Waals surface area contributed by atoms with E-state index in [2.05, 4.69) is 19.8 Å². The minimum absolute atomic E-state index is 0.0129. The Hall–Kier alpha value is -3.14. The Labute approximate surface area is 204 Å². The van der Waals surface area contributed by atoms with E-state index in [0.29, 0.717) is 21.2 Å². The Morgan fingerprint density at radius 1 is 1.35 bits per heavy atom. The van der Waals surface area contributed by atoms with Crippen LogP contribution >= 0.6 is 23.2 Å². The summed E-state index contributed by atoms with van der Waals surface area (Å²) in [6.45, 7) is 0.0924. The zero-order chi connectivity index (χ0) is 25.0. The standard InChI is InChI=1S/C20H15Cl2F3N6O2S/c1-11-6-12(21)7-15(34(2)28-10-26)17(11)29-19(32)14-8-16(33-9-20(23,24)25)30-31(14)18-13(22)4-3-5-27-18/h3-8H,9H2,1-2H3,(H,29,32). The van der Waals surface area contributed by atoms with Crippen molar-refractivity contribution in [3.8, 4) is 17.9 Å². The van der Waals surface area contributed by atoms with E-state index in [1.165, 1.54) is 12.3 Å². The van der Waals surface area contributed by atoms with Gasteiger partial charge in [0, 0.05) is 22.2 Å². The van der Waals surface area contributed by atoms with E-state index in [1.807, 2.05) is 0 Å². The van der Waals surface area contributed by atoms with Crippen LogP contribution in [-0.4, -0.2) is 39.7 Å². The first kappa shape index (κ1) is 25.5. The number of aryl methyl sites for hydroxylation is 1. The molecular formula is C20H15Cl2F3N6O2S. The fourth-order valence-corrected chi connectivity index (χ4v) is 4.40. The van der Waals surface area contributed by atoms with Gasteiger partial charge in [0.1, 0.15) is 5.69 Å². The monoisotopic (exact) mass is 530 g/mol. The average Bonchev–Trinajstić information content (AvgIpc) is 3.18. The Balaban J connectivity index is 2.07. The summed E-state index contributed by atoms with van der Waals surface area (Å²) >= 11 is 12.3. The highest BCUT2D eigenvalue weighted by molar-refractivity contribution is 7.86. The summed E-state index contributed by atoms with van der Waals surface area (Å²) < 4.78 is 47.4. The van der Waals surface area contributed by atoms with Crippen molar-refractivity contribution in [2.75, 3.05) is 18.2 Å². The first-order valence-corrected chi connectivity index (χ1v) is 11.6. The smallest absolute Gasteiger partial charge is 0.422 e. The molecule has 0 aliphatic heterocycles. The fourth-order valence-electron chi connectivity index (χ4n) is 2.84. The normalized spacial score (nSPS) is 12.3. The summed E-state index contributed by atoms with van der Waals surface area (Å²) in [5.41, 5.74) is 0.738. The molecule has 2 heterocycles. The van der Waals surface area contributed by atoms with Crippen LogP contribution in [0.5, 0.6) is 5.88 Å². The number of alkyl halides is 3. The number of anilines is 1. The van der Waals surface area contributed by atoms with Crippen LogP contribution in [0, 0.1) is 18.4 Å². The lowest BCUT2D eigenvalue weighted by Gasteiger charge is -2.15. The SMILES string of the molecule is Cc1cc(Cl)cc(/S(C)=N/C#N)c1NC(=O)c1cc(OCC(F)(F)F)nn1-c1ncccc1Cl. The molecule has 0 spiro atoms. The number of ether oxygens (including phenoxy) is 1. The largest absolute Gasteiger partial charge is 0.467 e. The van der Waals surface area contributed by atoms with Crippen LogP contribution in [0.25, 0.3) is 5.82 Å². The predicted molar refractivity (Wildman–Crippen MR) is 122 cm³/mol. The summed E-state index contributed by atoms with van der Waals surface area (Å²) in [4.78, 5) is 17.8. The van der Waals surface area contributed by atoms with Gasteiger partial charge in [-0.1, -0.05) is 33.9 Å².